The fraction of sp³-hybridized carbons (Fsp3) is 0.250. The highest BCUT2D eigenvalue weighted by Crippen LogP contribution is 2.21. The third-order valence-corrected chi connectivity index (χ3v) is 6.16. The Hall–Kier alpha value is -3.52. The number of carbonyl (C=O) groups is 2. The molecule has 0 radical (unpaired) electrons. The van der Waals surface area contributed by atoms with E-state index in [1.54, 1.807) is 28.8 Å². The number of ether oxygens (including phenoxy) is 1. The Balaban J connectivity index is 1.82. The van der Waals surface area contributed by atoms with Crippen LogP contribution in [0.3, 0.4) is 0 Å². The number of unbranched alkanes of at least 4 members (excludes halogenated alkanes) is 1. The molecule has 2 aromatic carbocycles. The Labute approximate surface area is 187 Å². The lowest BCUT2D eigenvalue weighted by atomic mass is 10.1. The molecule has 4 rings (SSSR count). The van der Waals surface area contributed by atoms with E-state index in [-0.39, 0.29) is 17.7 Å². The van der Waals surface area contributed by atoms with Gasteiger partial charge in [0.2, 0.25) is 0 Å². The molecule has 0 aliphatic rings. The Kier molecular flexibility index (Phi) is 6.32. The number of esters is 1. The first kappa shape index (κ1) is 21.7. The molecule has 2 aromatic heterocycles. The second-order valence-electron chi connectivity index (χ2n) is 7.34. The topological polar surface area (TPSA) is 90.9 Å². The van der Waals surface area contributed by atoms with Crippen LogP contribution in [-0.4, -0.2) is 23.6 Å². The molecule has 0 saturated carbocycles. The summed E-state index contributed by atoms with van der Waals surface area (Å²) in [6.45, 7) is 2.06. The minimum Gasteiger partial charge on any atom is -0.468 e. The second-order valence-corrected chi connectivity index (χ2v) is 8.35. The number of methoxy groups -OCH3 is 1. The number of hydrogen-bond donors (Lipinski definition) is 0. The molecule has 0 fully saturated rings. The van der Waals surface area contributed by atoms with Crippen molar-refractivity contribution in [3.63, 3.8) is 0 Å². The van der Waals surface area contributed by atoms with Crippen molar-refractivity contribution in [2.24, 2.45) is 4.99 Å². The van der Waals surface area contributed by atoms with E-state index in [0.29, 0.717) is 15.8 Å². The van der Waals surface area contributed by atoms with E-state index in [0.717, 1.165) is 35.5 Å². The van der Waals surface area contributed by atoms with Crippen LogP contribution in [0.1, 0.15) is 35.9 Å². The van der Waals surface area contributed by atoms with Gasteiger partial charge in [-0.25, -0.2) is 0 Å². The van der Waals surface area contributed by atoms with Crippen LogP contribution in [0.2, 0.25) is 0 Å². The number of carbonyl (C=O) groups excluding carboxylic acids is 2. The Morgan fingerprint density at radius 2 is 1.97 bits per heavy atom. The van der Waals surface area contributed by atoms with E-state index in [2.05, 4.69) is 18.0 Å². The molecule has 0 aliphatic carbocycles. The number of aryl methyl sites for hydroxylation is 1. The number of para-hydroxylation sites is 1. The van der Waals surface area contributed by atoms with E-state index in [1.165, 1.54) is 24.0 Å². The van der Waals surface area contributed by atoms with Gasteiger partial charge in [0.15, 0.2) is 16.0 Å². The zero-order valence-corrected chi connectivity index (χ0v) is 18.6. The SMILES string of the molecule is CCCCc1ccc2c(c1)sc(=NC(=O)c1cc(=O)c3ccccc3o1)n2CC(=O)OC. The highest BCUT2D eigenvalue weighted by Gasteiger charge is 2.15. The van der Waals surface area contributed by atoms with Crippen LogP contribution in [0.4, 0.5) is 0 Å². The summed E-state index contributed by atoms with van der Waals surface area (Å²) in [6, 6.07) is 13.9. The summed E-state index contributed by atoms with van der Waals surface area (Å²) in [6.07, 6.45) is 3.13. The highest BCUT2D eigenvalue weighted by molar-refractivity contribution is 7.16. The van der Waals surface area contributed by atoms with Crippen molar-refractivity contribution < 1.29 is 18.7 Å². The van der Waals surface area contributed by atoms with Gasteiger partial charge >= 0.3 is 11.9 Å². The number of hydrogen-bond acceptors (Lipinski definition) is 6. The zero-order chi connectivity index (χ0) is 22.7. The van der Waals surface area contributed by atoms with Crippen molar-refractivity contribution in [1.29, 1.82) is 0 Å². The van der Waals surface area contributed by atoms with Crippen LogP contribution in [0.25, 0.3) is 21.2 Å². The Morgan fingerprint density at radius 1 is 1.16 bits per heavy atom. The number of amides is 1. The third kappa shape index (κ3) is 4.40. The maximum Gasteiger partial charge on any atom is 0.325 e. The summed E-state index contributed by atoms with van der Waals surface area (Å²) < 4.78 is 13.0. The van der Waals surface area contributed by atoms with Crippen molar-refractivity contribution in [3.05, 3.63) is 74.9 Å². The monoisotopic (exact) mass is 450 g/mol. The van der Waals surface area contributed by atoms with Crippen molar-refractivity contribution in [1.82, 2.24) is 4.57 Å². The average molecular weight is 451 g/mol. The van der Waals surface area contributed by atoms with Gasteiger partial charge in [0.05, 0.1) is 22.7 Å². The summed E-state index contributed by atoms with van der Waals surface area (Å²) in [7, 11) is 1.31. The summed E-state index contributed by atoms with van der Waals surface area (Å²) in [5.41, 5.74) is 1.97. The minimum atomic E-state index is -0.691. The first-order valence-electron chi connectivity index (χ1n) is 10.3. The average Bonchev–Trinajstić information content (AvgIpc) is 3.13. The third-order valence-electron chi connectivity index (χ3n) is 5.12. The lowest BCUT2D eigenvalue weighted by Gasteiger charge is -2.05. The molecule has 0 N–H and O–H groups in total. The normalized spacial score (nSPS) is 11.9. The maximum absolute atomic E-state index is 12.9. The van der Waals surface area contributed by atoms with Gasteiger partial charge in [0, 0.05) is 6.07 Å². The van der Waals surface area contributed by atoms with Crippen LogP contribution >= 0.6 is 11.3 Å². The minimum absolute atomic E-state index is 0.0847. The standard InChI is InChI=1S/C24H22N2O5S/c1-3-4-7-15-10-11-17-21(12-15)32-24(26(17)14-22(28)30-2)25-23(29)20-13-18(27)16-8-5-6-9-19(16)31-20/h5-6,8-13H,3-4,7,14H2,1-2H3. The van der Waals surface area contributed by atoms with Crippen LogP contribution < -0.4 is 10.2 Å². The van der Waals surface area contributed by atoms with Crippen molar-refractivity contribution in [2.75, 3.05) is 7.11 Å². The predicted octanol–water partition coefficient (Wildman–Crippen LogP) is 4.07. The molecule has 164 valence electrons. The van der Waals surface area contributed by atoms with E-state index in [9.17, 15) is 14.4 Å². The molecule has 1 amide bonds. The molecule has 0 aliphatic heterocycles. The summed E-state index contributed by atoms with van der Waals surface area (Å²) >= 11 is 1.30. The fourth-order valence-electron chi connectivity index (χ4n) is 3.44. The number of benzene rings is 2. The van der Waals surface area contributed by atoms with Gasteiger partial charge in [-0.15, -0.1) is 0 Å². The van der Waals surface area contributed by atoms with Gasteiger partial charge in [-0.3, -0.25) is 14.4 Å². The van der Waals surface area contributed by atoms with Gasteiger partial charge in [0.25, 0.3) is 0 Å². The molecule has 0 saturated heterocycles. The van der Waals surface area contributed by atoms with E-state index in [1.807, 2.05) is 12.1 Å². The smallest absolute Gasteiger partial charge is 0.325 e. The molecule has 0 bridgehead atoms. The quantitative estimate of drug-likeness (QED) is 0.413. The van der Waals surface area contributed by atoms with Crippen LogP contribution in [-0.2, 0) is 22.5 Å². The van der Waals surface area contributed by atoms with E-state index < -0.39 is 11.9 Å². The number of nitrogens with zero attached hydrogens (tertiary/aromatic N) is 2. The van der Waals surface area contributed by atoms with Crippen molar-refractivity contribution in [2.45, 2.75) is 32.7 Å². The van der Waals surface area contributed by atoms with Crippen LogP contribution in [0.5, 0.6) is 0 Å². The van der Waals surface area contributed by atoms with Gasteiger partial charge < -0.3 is 13.7 Å². The number of fused-ring (bicyclic) bond motifs is 2. The van der Waals surface area contributed by atoms with Crippen molar-refractivity contribution in [3.8, 4) is 0 Å². The highest BCUT2D eigenvalue weighted by atomic mass is 32.1. The molecule has 8 heteroatoms. The number of thiazole rings is 1. The molecular weight excluding hydrogens is 428 g/mol. The van der Waals surface area contributed by atoms with Gasteiger partial charge in [0.1, 0.15) is 12.1 Å². The molecule has 2 heterocycles. The largest absolute Gasteiger partial charge is 0.468 e. The number of rotatable bonds is 6. The van der Waals surface area contributed by atoms with Gasteiger partial charge in [-0.1, -0.05) is 42.9 Å². The molecule has 0 atom stereocenters. The Bertz CT molecular complexity index is 1440. The molecule has 0 spiro atoms. The van der Waals surface area contributed by atoms with E-state index >= 15 is 0 Å². The van der Waals surface area contributed by atoms with Crippen molar-refractivity contribution >= 4 is 44.4 Å². The second kappa shape index (κ2) is 9.32. The zero-order valence-electron chi connectivity index (χ0n) is 17.8. The molecule has 7 nitrogen and oxygen atoms in total. The lowest BCUT2D eigenvalue weighted by Crippen LogP contribution is -2.22. The van der Waals surface area contributed by atoms with Crippen LogP contribution in [0.15, 0.2) is 62.7 Å². The van der Waals surface area contributed by atoms with Gasteiger partial charge in [-0.05, 0) is 42.7 Å². The Morgan fingerprint density at radius 3 is 2.75 bits per heavy atom. The number of aromatic nitrogens is 1. The van der Waals surface area contributed by atoms with Crippen LogP contribution in [0, 0.1) is 0 Å². The molecule has 4 aromatic rings. The first-order chi connectivity index (χ1) is 15.5. The fourth-order valence-corrected chi connectivity index (χ4v) is 4.53. The maximum atomic E-state index is 12.9. The van der Waals surface area contributed by atoms with Gasteiger partial charge in [-0.2, -0.15) is 4.99 Å². The molecule has 32 heavy (non-hydrogen) atoms. The predicted molar refractivity (Wildman–Crippen MR) is 123 cm³/mol. The molecule has 0 unspecified atom stereocenters. The molecular formula is C24H22N2O5S. The summed E-state index contributed by atoms with van der Waals surface area (Å²) in [4.78, 5) is 41.8. The van der Waals surface area contributed by atoms with E-state index in [4.69, 9.17) is 9.15 Å². The lowest BCUT2D eigenvalue weighted by molar-refractivity contribution is -0.141. The summed E-state index contributed by atoms with van der Waals surface area (Å²) in [5.74, 6) is -1.30. The first-order valence-corrected chi connectivity index (χ1v) is 11.1. The summed E-state index contributed by atoms with van der Waals surface area (Å²) in [5, 5.41) is 0.395.